The standard InChI is InChI=1S/C15H29N/c1-15(2)11-7-10-14(15)16-12-13-8-5-3-4-6-9-13/h13-14,16H,3-12H2,1-2H3. The Kier molecular flexibility index (Phi) is 4.29. The average Bonchev–Trinajstić information content (AvgIpc) is 2.48. The predicted molar refractivity (Wildman–Crippen MR) is 70.6 cm³/mol. The number of rotatable bonds is 3. The minimum atomic E-state index is 0.546. The van der Waals surface area contributed by atoms with Crippen LogP contribution in [-0.2, 0) is 0 Å². The lowest BCUT2D eigenvalue weighted by atomic mass is 9.87. The molecule has 1 heteroatoms. The number of nitrogens with one attached hydrogen (secondary N) is 1. The Hall–Kier alpha value is -0.0400. The molecule has 2 rings (SSSR count). The Labute approximate surface area is 101 Å². The molecule has 0 aliphatic heterocycles. The second-order valence-corrected chi connectivity index (χ2v) is 6.70. The quantitative estimate of drug-likeness (QED) is 0.710. The monoisotopic (exact) mass is 223 g/mol. The van der Waals surface area contributed by atoms with E-state index in [0.717, 1.165) is 12.0 Å². The maximum absolute atomic E-state index is 3.87. The van der Waals surface area contributed by atoms with E-state index in [1.807, 2.05) is 0 Å². The summed E-state index contributed by atoms with van der Waals surface area (Å²) in [6.07, 6.45) is 13.1. The zero-order valence-corrected chi connectivity index (χ0v) is 11.2. The van der Waals surface area contributed by atoms with Crippen molar-refractivity contribution in [3.05, 3.63) is 0 Å². The summed E-state index contributed by atoms with van der Waals surface area (Å²) in [4.78, 5) is 0. The van der Waals surface area contributed by atoms with Crippen molar-refractivity contribution in [3.8, 4) is 0 Å². The lowest BCUT2D eigenvalue weighted by Gasteiger charge is -2.29. The van der Waals surface area contributed by atoms with Crippen LogP contribution in [0, 0.1) is 11.3 Å². The topological polar surface area (TPSA) is 12.0 Å². The first kappa shape index (κ1) is 12.4. The zero-order chi connectivity index (χ0) is 11.4. The Bertz CT molecular complexity index is 201. The molecule has 0 heterocycles. The van der Waals surface area contributed by atoms with Crippen LogP contribution in [0.15, 0.2) is 0 Å². The van der Waals surface area contributed by atoms with E-state index < -0.39 is 0 Å². The van der Waals surface area contributed by atoms with Gasteiger partial charge in [0.25, 0.3) is 0 Å². The molecule has 0 spiro atoms. The van der Waals surface area contributed by atoms with Crippen LogP contribution in [0.2, 0.25) is 0 Å². The average molecular weight is 223 g/mol. The van der Waals surface area contributed by atoms with Crippen LogP contribution in [0.5, 0.6) is 0 Å². The second kappa shape index (κ2) is 5.53. The van der Waals surface area contributed by atoms with E-state index in [1.165, 1.54) is 64.3 Å². The Balaban J connectivity index is 1.73. The van der Waals surface area contributed by atoms with Gasteiger partial charge >= 0.3 is 0 Å². The van der Waals surface area contributed by atoms with Crippen molar-refractivity contribution in [2.75, 3.05) is 6.54 Å². The molecule has 0 bridgehead atoms. The SMILES string of the molecule is CC1(C)CCCC1NCC1CCCCCC1. The van der Waals surface area contributed by atoms with Gasteiger partial charge in [0, 0.05) is 6.04 Å². The molecular weight excluding hydrogens is 194 g/mol. The van der Waals surface area contributed by atoms with E-state index in [9.17, 15) is 0 Å². The van der Waals surface area contributed by atoms with Crippen molar-refractivity contribution in [3.63, 3.8) is 0 Å². The molecule has 1 N–H and O–H groups in total. The third-order valence-electron chi connectivity index (χ3n) is 4.88. The van der Waals surface area contributed by atoms with Crippen molar-refractivity contribution in [1.29, 1.82) is 0 Å². The molecule has 0 aromatic heterocycles. The lowest BCUT2D eigenvalue weighted by molar-refractivity contribution is 0.265. The summed E-state index contributed by atoms with van der Waals surface area (Å²) in [5.41, 5.74) is 0.546. The van der Waals surface area contributed by atoms with Crippen molar-refractivity contribution >= 4 is 0 Å². The van der Waals surface area contributed by atoms with Gasteiger partial charge in [-0.1, -0.05) is 46.0 Å². The van der Waals surface area contributed by atoms with E-state index in [1.54, 1.807) is 0 Å². The third kappa shape index (κ3) is 3.23. The molecule has 1 unspecified atom stereocenters. The molecule has 2 saturated carbocycles. The normalized spacial score (nSPS) is 31.5. The predicted octanol–water partition coefficient (Wildman–Crippen LogP) is 4.13. The highest BCUT2D eigenvalue weighted by Gasteiger charge is 2.34. The maximum atomic E-state index is 3.87. The van der Waals surface area contributed by atoms with Gasteiger partial charge in [0.15, 0.2) is 0 Å². The highest BCUT2D eigenvalue weighted by Crippen LogP contribution is 2.37. The molecule has 0 aromatic carbocycles. The molecule has 2 aliphatic rings. The van der Waals surface area contributed by atoms with Crippen molar-refractivity contribution in [2.45, 2.75) is 77.7 Å². The summed E-state index contributed by atoms with van der Waals surface area (Å²) in [5.74, 6) is 0.971. The summed E-state index contributed by atoms with van der Waals surface area (Å²) < 4.78 is 0. The highest BCUT2D eigenvalue weighted by atomic mass is 14.9. The van der Waals surface area contributed by atoms with Gasteiger partial charge in [-0.25, -0.2) is 0 Å². The van der Waals surface area contributed by atoms with Crippen LogP contribution in [-0.4, -0.2) is 12.6 Å². The van der Waals surface area contributed by atoms with Gasteiger partial charge in [-0.3, -0.25) is 0 Å². The summed E-state index contributed by atoms with van der Waals surface area (Å²) in [6, 6.07) is 0.788. The minimum absolute atomic E-state index is 0.546. The van der Waals surface area contributed by atoms with Gasteiger partial charge in [-0.15, -0.1) is 0 Å². The number of hydrogen-bond donors (Lipinski definition) is 1. The molecular formula is C15H29N. The van der Waals surface area contributed by atoms with Gasteiger partial charge in [0.05, 0.1) is 0 Å². The summed E-state index contributed by atoms with van der Waals surface area (Å²) in [6.45, 7) is 6.16. The molecule has 1 atom stereocenters. The number of hydrogen-bond acceptors (Lipinski definition) is 1. The second-order valence-electron chi connectivity index (χ2n) is 6.70. The molecule has 0 aromatic rings. The first-order valence-electron chi connectivity index (χ1n) is 7.42. The van der Waals surface area contributed by atoms with E-state index in [2.05, 4.69) is 19.2 Å². The minimum Gasteiger partial charge on any atom is -0.313 e. The molecule has 0 saturated heterocycles. The Morgan fingerprint density at radius 3 is 2.19 bits per heavy atom. The molecule has 1 nitrogen and oxygen atoms in total. The largest absolute Gasteiger partial charge is 0.313 e. The maximum Gasteiger partial charge on any atom is 0.0118 e. The van der Waals surface area contributed by atoms with E-state index in [-0.39, 0.29) is 0 Å². The van der Waals surface area contributed by atoms with Gasteiger partial charge in [0.2, 0.25) is 0 Å². The van der Waals surface area contributed by atoms with Crippen molar-refractivity contribution < 1.29 is 0 Å². The fraction of sp³-hybridized carbons (Fsp3) is 1.00. The Morgan fingerprint density at radius 2 is 1.62 bits per heavy atom. The van der Waals surface area contributed by atoms with Crippen molar-refractivity contribution in [1.82, 2.24) is 5.32 Å². The molecule has 0 radical (unpaired) electrons. The summed E-state index contributed by atoms with van der Waals surface area (Å²) in [5, 5.41) is 3.87. The van der Waals surface area contributed by atoms with Crippen LogP contribution in [0.4, 0.5) is 0 Å². The van der Waals surface area contributed by atoms with Crippen LogP contribution in [0.1, 0.15) is 71.6 Å². The van der Waals surface area contributed by atoms with Crippen LogP contribution in [0.3, 0.4) is 0 Å². The van der Waals surface area contributed by atoms with Gasteiger partial charge in [-0.2, -0.15) is 0 Å². The fourth-order valence-corrected chi connectivity index (χ4v) is 3.58. The molecule has 2 fully saturated rings. The van der Waals surface area contributed by atoms with E-state index in [0.29, 0.717) is 5.41 Å². The van der Waals surface area contributed by atoms with Crippen LogP contribution < -0.4 is 5.32 Å². The van der Waals surface area contributed by atoms with Gasteiger partial charge < -0.3 is 5.32 Å². The van der Waals surface area contributed by atoms with Gasteiger partial charge in [0.1, 0.15) is 0 Å². The molecule has 2 aliphatic carbocycles. The Morgan fingerprint density at radius 1 is 0.938 bits per heavy atom. The third-order valence-corrected chi connectivity index (χ3v) is 4.88. The van der Waals surface area contributed by atoms with Crippen LogP contribution in [0.25, 0.3) is 0 Å². The smallest absolute Gasteiger partial charge is 0.0118 e. The van der Waals surface area contributed by atoms with Gasteiger partial charge in [-0.05, 0) is 43.6 Å². The molecule has 94 valence electrons. The fourth-order valence-electron chi connectivity index (χ4n) is 3.58. The lowest BCUT2D eigenvalue weighted by Crippen LogP contribution is -2.40. The summed E-state index contributed by atoms with van der Waals surface area (Å²) >= 11 is 0. The summed E-state index contributed by atoms with van der Waals surface area (Å²) in [7, 11) is 0. The van der Waals surface area contributed by atoms with E-state index in [4.69, 9.17) is 0 Å². The first-order chi connectivity index (χ1) is 7.68. The molecule has 0 amide bonds. The van der Waals surface area contributed by atoms with Crippen molar-refractivity contribution in [2.24, 2.45) is 11.3 Å². The van der Waals surface area contributed by atoms with E-state index >= 15 is 0 Å². The molecule has 16 heavy (non-hydrogen) atoms. The van der Waals surface area contributed by atoms with Crippen LogP contribution >= 0.6 is 0 Å². The first-order valence-corrected chi connectivity index (χ1v) is 7.42. The highest BCUT2D eigenvalue weighted by molar-refractivity contribution is 4.90. The zero-order valence-electron chi connectivity index (χ0n) is 11.2.